The Kier molecular flexibility index (Phi) is 10.7. The van der Waals surface area contributed by atoms with Crippen LogP contribution >= 0.6 is 0 Å². The van der Waals surface area contributed by atoms with Gasteiger partial charge in [0.25, 0.3) is 0 Å². The van der Waals surface area contributed by atoms with Crippen molar-refractivity contribution in [3.8, 4) is 0 Å². The van der Waals surface area contributed by atoms with Gasteiger partial charge in [-0.1, -0.05) is 87.0 Å². The van der Waals surface area contributed by atoms with Crippen LogP contribution in [-0.4, -0.2) is 0 Å². The number of rotatable bonds is 12. The van der Waals surface area contributed by atoms with E-state index in [0.29, 0.717) is 5.41 Å². The first-order valence-electron chi connectivity index (χ1n) is 9.17. The predicted molar refractivity (Wildman–Crippen MR) is 93.9 cm³/mol. The zero-order valence-corrected chi connectivity index (χ0v) is 15.3. The number of hydrogen-bond donors (Lipinski definition) is 0. The van der Waals surface area contributed by atoms with E-state index >= 15 is 0 Å². The van der Waals surface area contributed by atoms with Gasteiger partial charge in [0.15, 0.2) is 0 Å². The zero-order chi connectivity index (χ0) is 15.6. The van der Waals surface area contributed by atoms with Gasteiger partial charge in [-0.2, -0.15) is 0 Å². The van der Waals surface area contributed by atoms with E-state index in [-0.39, 0.29) is 0 Å². The summed E-state index contributed by atoms with van der Waals surface area (Å²) in [7, 11) is 0. The van der Waals surface area contributed by atoms with Crippen LogP contribution in [0.3, 0.4) is 0 Å². The third-order valence-electron chi connectivity index (χ3n) is 5.02. The van der Waals surface area contributed by atoms with Crippen LogP contribution in [0.4, 0.5) is 0 Å². The highest BCUT2D eigenvalue weighted by Gasteiger charge is 2.34. The van der Waals surface area contributed by atoms with E-state index in [2.05, 4.69) is 48.5 Å². The third kappa shape index (κ3) is 7.70. The van der Waals surface area contributed by atoms with Crippen molar-refractivity contribution in [2.45, 2.75) is 99.3 Å². The lowest BCUT2D eigenvalue weighted by Crippen LogP contribution is -2.31. The van der Waals surface area contributed by atoms with Crippen LogP contribution in [0.5, 0.6) is 0 Å². The smallest absolute Gasteiger partial charge is 0.0269 e. The third-order valence-corrected chi connectivity index (χ3v) is 5.02. The highest BCUT2D eigenvalue weighted by Crippen LogP contribution is 2.45. The monoisotopic (exact) mass is 281 g/mol. The van der Waals surface area contributed by atoms with Gasteiger partial charge in [0.1, 0.15) is 0 Å². The lowest BCUT2D eigenvalue weighted by molar-refractivity contribution is 0.0895. The molecule has 2 atom stereocenters. The first-order valence-corrected chi connectivity index (χ1v) is 9.17. The Balaban J connectivity index is 4.69. The normalized spacial score (nSPS) is 16.6. The Morgan fingerprint density at radius 3 is 2.00 bits per heavy atom. The SMILES string of the molecule is [CH2]CCCCC(C)CC(CCCC)(CC(C)C)C(C)C. The second kappa shape index (κ2) is 10.7. The largest absolute Gasteiger partial charge is 0.0654 e. The van der Waals surface area contributed by atoms with E-state index in [4.69, 9.17) is 0 Å². The molecule has 0 heteroatoms. The van der Waals surface area contributed by atoms with Gasteiger partial charge >= 0.3 is 0 Å². The molecule has 0 spiro atoms. The molecular formula is C20H41. The van der Waals surface area contributed by atoms with E-state index in [9.17, 15) is 0 Å². The lowest BCUT2D eigenvalue weighted by atomic mass is 9.64. The van der Waals surface area contributed by atoms with Crippen LogP contribution in [0.2, 0.25) is 0 Å². The lowest BCUT2D eigenvalue weighted by Gasteiger charge is -2.42. The summed E-state index contributed by atoms with van der Waals surface area (Å²) in [5.74, 6) is 2.51. The van der Waals surface area contributed by atoms with Gasteiger partial charge in [0, 0.05) is 0 Å². The molecule has 0 rings (SSSR count). The van der Waals surface area contributed by atoms with Crippen LogP contribution in [0.15, 0.2) is 0 Å². The van der Waals surface area contributed by atoms with Gasteiger partial charge in [-0.3, -0.25) is 0 Å². The molecule has 20 heavy (non-hydrogen) atoms. The Morgan fingerprint density at radius 1 is 0.900 bits per heavy atom. The van der Waals surface area contributed by atoms with Crippen LogP contribution in [0.25, 0.3) is 0 Å². The molecule has 0 fully saturated rings. The fourth-order valence-electron chi connectivity index (χ4n) is 3.86. The Bertz CT molecular complexity index is 216. The molecule has 0 aromatic heterocycles. The van der Waals surface area contributed by atoms with Gasteiger partial charge in [-0.05, 0) is 42.4 Å². The molecule has 0 aliphatic carbocycles. The number of unbranched alkanes of at least 4 members (excludes halogenated alkanes) is 3. The van der Waals surface area contributed by atoms with E-state index in [0.717, 1.165) is 24.2 Å². The van der Waals surface area contributed by atoms with Crippen molar-refractivity contribution < 1.29 is 0 Å². The molecule has 0 aromatic carbocycles. The molecule has 2 unspecified atom stereocenters. The molecule has 0 heterocycles. The van der Waals surface area contributed by atoms with E-state index < -0.39 is 0 Å². The van der Waals surface area contributed by atoms with Crippen molar-refractivity contribution in [3.63, 3.8) is 0 Å². The highest BCUT2D eigenvalue weighted by molar-refractivity contribution is 4.85. The Hall–Kier alpha value is 0. The zero-order valence-electron chi connectivity index (χ0n) is 15.3. The fourth-order valence-corrected chi connectivity index (χ4v) is 3.86. The van der Waals surface area contributed by atoms with E-state index in [1.165, 1.54) is 51.4 Å². The molecule has 121 valence electrons. The van der Waals surface area contributed by atoms with Crippen LogP contribution in [-0.2, 0) is 0 Å². The molecule has 1 radical (unpaired) electrons. The number of hydrogen-bond acceptors (Lipinski definition) is 0. The summed E-state index contributed by atoms with van der Waals surface area (Å²) < 4.78 is 0. The maximum absolute atomic E-state index is 3.97. The van der Waals surface area contributed by atoms with Crippen LogP contribution in [0.1, 0.15) is 99.3 Å². The molecule has 0 amide bonds. The minimum atomic E-state index is 0.577. The van der Waals surface area contributed by atoms with Crippen molar-refractivity contribution in [3.05, 3.63) is 6.92 Å². The first-order chi connectivity index (χ1) is 9.38. The maximum atomic E-state index is 3.97. The van der Waals surface area contributed by atoms with Crippen molar-refractivity contribution in [2.75, 3.05) is 0 Å². The molecule has 0 aliphatic rings. The van der Waals surface area contributed by atoms with Gasteiger partial charge in [0.2, 0.25) is 0 Å². The standard InChI is InChI=1S/C20H41/c1-8-10-12-13-19(7)16-20(18(5)6,14-11-9-2)15-17(3)4/h17-19H,1,8-16H2,2-7H3. The molecule has 0 aliphatic heterocycles. The minimum Gasteiger partial charge on any atom is -0.0654 e. The second-order valence-electron chi connectivity index (χ2n) is 7.88. The maximum Gasteiger partial charge on any atom is -0.0269 e. The van der Waals surface area contributed by atoms with Crippen molar-refractivity contribution >= 4 is 0 Å². The first kappa shape index (κ1) is 20.0. The molecule has 0 bridgehead atoms. The molecule has 0 nitrogen and oxygen atoms in total. The average molecular weight is 282 g/mol. The quantitative estimate of drug-likeness (QED) is 0.329. The van der Waals surface area contributed by atoms with E-state index in [1.54, 1.807) is 0 Å². The Morgan fingerprint density at radius 2 is 1.55 bits per heavy atom. The minimum absolute atomic E-state index is 0.577. The van der Waals surface area contributed by atoms with Gasteiger partial charge < -0.3 is 0 Å². The van der Waals surface area contributed by atoms with Crippen molar-refractivity contribution in [1.82, 2.24) is 0 Å². The fraction of sp³-hybridized carbons (Fsp3) is 0.950. The predicted octanol–water partition coefficient (Wildman–Crippen LogP) is 7.29. The summed E-state index contributed by atoms with van der Waals surface area (Å²) in [6.45, 7) is 18.5. The van der Waals surface area contributed by atoms with Crippen LogP contribution in [0, 0.1) is 30.1 Å². The summed E-state index contributed by atoms with van der Waals surface area (Å²) in [6.07, 6.45) is 12.2. The summed E-state index contributed by atoms with van der Waals surface area (Å²) >= 11 is 0. The molecule has 0 aromatic rings. The van der Waals surface area contributed by atoms with E-state index in [1.807, 2.05) is 0 Å². The molecule has 0 saturated heterocycles. The summed E-state index contributed by atoms with van der Waals surface area (Å²) in [4.78, 5) is 0. The summed E-state index contributed by atoms with van der Waals surface area (Å²) in [5.41, 5.74) is 0.577. The summed E-state index contributed by atoms with van der Waals surface area (Å²) in [5, 5.41) is 0. The average Bonchev–Trinajstić information content (AvgIpc) is 2.35. The van der Waals surface area contributed by atoms with Gasteiger partial charge in [0.05, 0.1) is 0 Å². The molecule has 0 saturated carbocycles. The summed E-state index contributed by atoms with van der Waals surface area (Å²) in [6, 6.07) is 0. The van der Waals surface area contributed by atoms with Crippen molar-refractivity contribution in [1.29, 1.82) is 0 Å². The Labute approximate surface area is 130 Å². The highest BCUT2D eigenvalue weighted by atomic mass is 14.4. The van der Waals surface area contributed by atoms with Crippen LogP contribution < -0.4 is 0 Å². The van der Waals surface area contributed by atoms with Gasteiger partial charge in [-0.25, -0.2) is 0 Å². The van der Waals surface area contributed by atoms with Crippen molar-refractivity contribution in [2.24, 2.45) is 23.2 Å². The topological polar surface area (TPSA) is 0 Å². The molecule has 0 N–H and O–H groups in total. The second-order valence-corrected chi connectivity index (χ2v) is 7.88. The molecular weight excluding hydrogens is 240 g/mol. The van der Waals surface area contributed by atoms with Gasteiger partial charge in [-0.15, -0.1) is 0 Å².